The topological polar surface area (TPSA) is 88.8 Å². The third-order valence-electron chi connectivity index (χ3n) is 3.80. The molecule has 9 heteroatoms. The highest BCUT2D eigenvalue weighted by Gasteiger charge is 2.25. The number of aromatic nitrogens is 5. The number of anilines is 1. The van der Waals surface area contributed by atoms with Gasteiger partial charge in [-0.25, -0.2) is 14.5 Å². The van der Waals surface area contributed by atoms with Crippen molar-refractivity contribution in [1.29, 1.82) is 0 Å². The van der Waals surface area contributed by atoms with E-state index in [-0.39, 0.29) is 6.03 Å². The lowest BCUT2D eigenvalue weighted by Crippen LogP contribution is -2.43. The van der Waals surface area contributed by atoms with E-state index >= 15 is 0 Å². The van der Waals surface area contributed by atoms with Crippen LogP contribution in [0.1, 0.15) is 24.8 Å². The van der Waals surface area contributed by atoms with Gasteiger partial charge >= 0.3 is 6.03 Å². The van der Waals surface area contributed by atoms with Crippen LogP contribution in [-0.4, -0.2) is 49.2 Å². The van der Waals surface area contributed by atoms with Gasteiger partial charge in [0.05, 0.1) is 5.01 Å². The van der Waals surface area contributed by atoms with Crippen LogP contribution in [0.25, 0.3) is 0 Å². The zero-order valence-electron chi connectivity index (χ0n) is 12.5. The number of aryl methyl sites for hydroxylation is 1. The van der Waals surface area contributed by atoms with Gasteiger partial charge in [-0.2, -0.15) is 0 Å². The van der Waals surface area contributed by atoms with Crippen molar-refractivity contribution in [2.24, 2.45) is 5.92 Å². The van der Waals surface area contributed by atoms with Gasteiger partial charge in [0.15, 0.2) is 0 Å². The minimum atomic E-state index is -0.131. The van der Waals surface area contributed by atoms with Crippen LogP contribution in [-0.2, 0) is 13.0 Å². The maximum Gasteiger partial charge on any atom is 0.324 e. The van der Waals surface area contributed by atoms with Crippen molar-refractivity contribution in [2.75, 3.05) is 18.4 Å². The second-order valence-corrected chi connectivity index (χ2v) is 6.31. The number of amides is 2. The lowest BCUT2D eigenvalue weighted by Gasteiger charge is -2.32. The predicted octanol–water partition coefficient (Wildman–Crippen LogP) is 1.64. The van der Waals surface area contributed by atoms with Crippen LogP contribution in [0.5, 0.6) is 0 Å². The SMILES string of the molecule is CCn1nnnc1NC(=O)N1CCCC(Cc2nccs2)C1. The molecular weight excluding hydrogens is 302 g/mol. The minimum absolute atomic E-state index is 0.131. The summed E-state index contributed by atoms with van der Waals surface area (Å²) >= 11 is 1.67. The first-order valence-electron chi connectivity index (χ1n) is 7.46. The first-order valence-corrected chi connectivity index (χ1v) is 8.34. The number of thiazole rings is 1. The Hall–Kier alpha value is -2.03. The molecule has 8 nitrogen and oxygen atoms in total. The smallest absolute Gasteiger partial charge is 0.324 e. The lowest BCUT2D eigenvalue weighted by atomic mass is 9.95. The van der Waals surface area contributed by atoms with Crippen molar-refractivity contribution in [3.05, 3.63) is 16.6 Å². The summed E-state index contributed by atoms with van der Waals surface area (Å²) in [4.78, 5) is 18.6. The molecule has 1 fully saturated rings. The fraction of sp³-hybridized carbons (Fsp3) is 0.615. The Bertz CT molecular complexity index is 612. The molecule has 2 aromatic rings. The molecule has 2 aromatic heterocycles. The summed E-state index contributed by atoms with van der Waals surface area (Å²) in [6.07, 6.45) is 4.92. The van der Waals surface area contributed by atoms with Crippen molar-refractivity contribution < 1.29 is 4.79 Å². The summed E-state index contributed by atoms with van der Waals surface area (Å²) in [5.74, 6) is 0.863. The third kappa shape index (κ3) is 3.41. The minimum Gasteiger partial charge on any atom is -0.324 e. The van der Waals surface area contributed by atoms with Crippen LogP contribution in [0.3, 0.4) is 0 Å². The van der Waals surface area contributed by atoms with Gasteiger partial charge in [-0.1, -0.05) is 5.10 Å². The normalized spacial score (nSPS) is 18.4. The van der Waals surface area contributed by atoms with Crippen molar-refractivity contribution in [3.8, 4) is 0 Å². The van der Waals surface area contributed by atoms with E-state index in [1.807, 2.05) is 23.4 Å². The molecule has 1 saturated heterocycles. The number of carbonyl (C=O) groups is 1. The van der Waals surface area contributed by atoms with Gasteiger partial charge in [0, 0.05) is 37.6 Å². The molecule has 2 amide bonds. The van der Waals surface area contributed by atoms with Crippen molar-refractivity contribution >= 4 is 23.3 Å². The second-order valence-electron chi connectivity index (χ2n) is 5.33. The average molecular weight is 321 g/mol. The molecule has 3 heterocycles. The van der Waals surface area contributed by atoms with E-state index in [9.17, 15) is 4.79 Å². The predicted molar refractivity (Wildman–Crippen MR) is 82.6 cm³/mol. The average Bonchev–Trinajstić information content (AvgIpc) is 3.19. The summed E-state index contributed by atoms with van der Waals surface area (Å²) in [5, 5.41) is 17.2. The highest BCUT2D eigenvalue weighted by Crippen LogP contribution is 2.22. The van der Waals surface area contributed by atoms with Crippen LogP contribution < -0.4 is 5.32 Å². The fourth-order valence-electron chi connectivity index (χ4n) is 2.70. The molecular formula is C13H19N7OS. The van der Waals surface area contributed by atoms with Crippen molar-refractivity contribution in [2.45, 2.75) is 32.7 Å². The van der Waals surface area contributed by atoms with Crippen molar-refractivity contribution in [3.63, 3.8) is 0 Å². The lowest BCUT2D eigenvalue weighted by molar-refractivity contribution is 0.177. The molecule has 1 N–H and O–H groups in total. The molecule has 118 valence electrons. The molecule has 0 aromatic carbocycles. The zero-order chi connectivity index (χ0) is 15.4. The van der Waals surface area contributed by atoms with Gasteiger partial charge in [0.2, 0.25) is 0 Å². The van der Waals surface area contributed by atoms with Gasteiger partial charge in [-0.3, -0.25) is 5.32 Å². The van der Waals surface area contributed by atoms with E-state index < -0.39 is 0 Å². The highest BCUT2D eigenvalue weighted by atomic mass is 32.1. The number of rotatable bonds is 4. The molecule has 22 heavy (non-hydrogen) atoms. The highest BCUT2D eigenvalue weighted by molar-refractivity contribution is 7.09. The van der Waals surface area contributed by atoms with Gasteiger partial charge < -0.3 is 4.90 Å². The summed E-state index contributed by atoms with van der Waals surface area (Å²) < 4.78 is 1.56. The van der Waals surface area contributed by atoms with E-state index in [0.717, 1.165) is 37.4 Å². The van der Waals surface area contributed by atoms with E-state index in [1.165, 1.54) is 0 Å². The van der Waals surface area contributed by atoms with Gasteiger partial charge in [-0.05, 0) is 36.1 Å². The Kier molecular flexibility index (Phi) is 4.62. The molecule has 0 saturated carbocycles. The Morgan fingerprint density at radius 3 is 3.23 bits per heavy atom. The van der Waals surface area contributed by atoms with E-state index in [0.29, 0.717) is 18.4 Å². The number of likely N-dealkylation sites (tertiary alicyclic amines) is 1. The maximum atomic E-state index is 12.4. The molecule has 3 rings (SSSR count). The van der Waals surface area contributed by atoms with Crippen LogP contribution in [0, 0.1) is 5.92 Å². The standard InChI is InChI=1S/C13H19N7OS/c1-2-20-12(16-17-18-20)15-13(21)19-6-3-4-10(9-19)8-11-14-5-7-22-11/h5,7,10H,2-4,6,8-9H2,1H3,(H,15,16,18,21). The van der Waals surface area contributed by atoms with Gasteiger partial charge in [-0.15, -0.1) is 11.3 Å². The van der Waals surface area contributed by atoms with Crippen LogP contribution in [0.4, 0.5) is 10.7 Å². The summed E-state index contributed by atoms with van der Waals surface area (Å²) in [7, 11) is 0. The molecule has 1 aliphatic rings. The van der Waals surface area contributed by atoms with Gasteiger partial charge in [0.1, 0.15) is 0 Å². The number of nitrogens with zero attached hydrogens (tertiary/aromatic N) is 6. The Balaban J connectivity index is 1.58. The Labute approximate surface area is 132 Å². The Morgan fingerprint density at radius 1 is 1.55 bits per heavy atom. The number of nitrogens with one attached hydrogen (secondary N) is 1. The summed E-state index contributed by atoms with van der Waals surface area (Å²) in [5.41, 5.74) is 0. The fourth-order valence-corrected chi connectivity index (χ4v) is 3.43. The first-order chi connectivity index (χ1) is 10.8. The number of tetrazole rings is 1. The second kappa shape index (κ2) is 6.82. The quantitative estimate of drug-likeness (QED) is 0.924. The molecule has 1 aliphatic heterocycles. The third-order valence-corrected chi connectivity index (χ3v) is 4.61. The number of urea groups is 1. The molecule has 1 unspecified atom stereocenters. The van der Waals surface area contributed by atoms with Crippen LogP contribution in [0.2, 0.25) is 0 Å². The van der Waals surface area contributed by atoms with Crippen LogP contribution in [0.15, 0.2) is 11.6 Å². The summed E-state index contributed by atoms with van der Waals surface area (Å²) in [6, 6.07) is -0.131. The van der Waals surface area contributed by atoms with Crippen molar-refractivity contribution in [1.82, 2.24) is 30.1 Å². The molecule has 0 bridgehead atoms. The van der Waals surface area contributed by atoms with E-state index in [4.69, 9.17) is 0 Å². The number of piperidine rings is 1. The number of carbonyl (C=O) groups excluding carboxylic acids is 1. The van der Waals surface area contributed by atoms with Gasteiger partial charge in [0.25, 0.3) is 5.95 Å². The molecule has 1 atom stereocenters. The zero-order valence-corrected chi connectivity index (χ0v) is 13.3. The monoisotopic (exact) mass is 321 g/mol. The number of hydrogen-bond acceptors (Lipinski definition) is 6. The first kappa shape index (κ1) is 14.9. The van der Waals surface area contributed by atoms with E-state index in [2.05, 4.69) is 25.8 Å². The molecule has 0 aliphatic carbocycles. The molecule has 0 radical (unpaired) electrons. The number of hydrogen-bond donors (Lipinski definition) is 1. The Morgan fingerprint density at radius 2 is 2.45 bits per heavy atom. The largest absolute Gasteiger partial charge is 0.324 e. The van der Waals surface area contributed by atoms with E-state index in [1.54, 1.807) is 16.0 Å². The van der Waals surface area contributed by atoms with Crippen LogP contribution >= 0.6 is 11.3 Å². The summed E-state index contributed by atoms with van der Waals surface area (Å²) in [6.45, 7) is 4.07. The molecule has 0 spiro atoms. The maximum absolute atomic E-state index is 12.4.